The molecule has 0 bridgehead atoms. The molecule has 2 N–H and O–H groups in total. The first-order valence-corrected chi connectivity index (χ1v) is 8.53. The number of primary amides is 1. The minimum absolute atomic E-state index is 0.0826. The van der Waals surface area contributed by atoms with E-state index in [1.54, 1.807) is 0 Å². The SMILES string of the molecule is C[C@@H]1CN(Cc2cccc(OCC(N)=O)c2)C[C@@H](c2ccccc2)O1. The molecule has 0 radical (unpaired) electrons. The van der Waals surface area contributed by atoms with Crippen LogP contribution in [0.2, 0.25) is 0 Å². The summed E-state index contributed by atoms with van der Waals surface area (Å²) in [7, 11) is 0. The fourth-order valence-electron chi connectivity index (χ4n) is 3.17. The second kappa shape index (κ2) is 8.14. The number of carbonyl (C=O) groups is 1. The number of morpholine rings is 1. The highest BCUT2D eigenvalue weighted by Gasteiger charge is 2.26. The molecule has 1 heterocycles. The molecule has 1 fully saturated rings. The molecular formula is C20H24N2O3. The second-order valence-electron chi connectivity index (χ2n) is 6.44. The lowest BCUT2D eigenvalue weighted by Crippen LogP contribution is -2.42. The van der Waals surface area contributed by atoms with Crippen molar-refractivity contribution in [3.8, 4) is 5.75 Å². The maximum atomic E-state index is 10.9. The summed E-state index contributed by atoms with van der Waals surface area (Å²) in [6.07, 6.45) is 0.257. The smallest absolute Gasteiger partial charge is 0.255 e. The van der Waals surface area contributed by atoms with Gasteiger partial charge in [0.15, 0.2) is 6.61 Å². The molecule has 2 atom stereocenters. The highest BCUT2D eigenvalue weighted by Crippen LogP contribution is 2.26. The summed E-state index contributed by atoms with van der Waals surface area (Å²) in [6, 6.07) is 18.1. The van der Waals surface area contributed by atoms with Crippen molar-refractivity contribution in [2.75, 3.05) is 19.7 Å². The number of hydrogen-bond donors (Lipinski definition) is 1. The molecule has 3 rings (SSSR count). The van der Waals surface area contributed by atoms with Crippen molar-refractivity contribution in [1.29, 1.82) is 0 Å². The van der Waals surface area contributed by atoms with Crippen molar-refractivity contribution in [2.24, 2.45) is 5.73 Å². The van der Waals surface area contributed by atoms with E-state index < -0.39 is 5.91 Å². The summed E-state index contributed by atoms with van der Waals surface area (Å²) in [5, 5.41) is 0. The van der Waals surface area contributed by atoms with Gasteiger partial charge in [0, 0.05) is 19.6 Å². The lowest BCUT2D eigenvalue weighted by molar-refractivity contribution is -0.119. The lowest BCUT2D eigenvalue weighted by atomic mass is 10.1. The zero-order chi connectivity index (χ0) is 17.6. The Balaban J connectivity index is 1.65. The van der Waals surface area contributed by atoms with Gasteiger partial charge >= 0.3 is 0 Å². The number of nitrogens with two attached hydrogens (primary N) is 1. The molecule has 0 spiro atoms. The molecule has 1 aliphatic rings. The van der Waals surface area contributed by atoms with Gasteiger partial charge in [-0.25, -0.2) is 0 Å². The largest absolute Gasteiger partial charge is 0.484 e. The highest BCUT2D eigenvalue weighted by molar-refractivity contribution is 5.75. The molecule has 1 aliphatic heterocycles. The summed E-state index contributed by atoms with van der Waals surface area (Å²) < 4.78 is 11.5. The van der Waals surface area contributed by atoms with Crippen LogP contribution in [0.15, 0.2) is 54.6 Å². The highest BCUT2D eigenvalue weighted by atomic mass is 16.5. The van der Waals surface area contributed by atoms with Crippen molar-refractivity contribution < 1.29 is 14.3 Å². The topological polar surface area (TPSA) is 64.8 Å². The van der Waals surface area contributed by atoms with Gasteiger partial charge in [0.1, 0.15) is 5.75 Å². The van der Waals surface area contributed by atoms with Gasteiger partial charge in [-0.2, -0.15) is 0 Å². The summed E-state index contributed by atoms with van der Waals surface area (Å²) in [5.74, 6) is 0.190. The van der Waals surface area contributed by atoms with E-state index in [4.69, 9.17) is 15.2 Å². The molecule has 25 heavy (non-hydrogen) atoms. The predicted octanol–water partition coefficient (Wildman–Crippen LogP) is 2.51. The molecule has 5 nitrogen and oxygen atoms in total. The Hall–Kier alpha value is -2.37. The Morgan fingerprint density at radius 1 is 1.20 bits per heavy atom. The Labute approximate surface area is 148 Å². The molecule has 0 aromatic heterocycles. The molecule has 132 valence electrons. The quantitative estimate of drug-likeness (QED) is 0.877. The summed E-state index contributed by atoms with van der Waals surface area (Å²) in [5.41, 5.74) is 7.48. The molecule has 1 amide bonds. The van der Waals surface area contributed by atoms with Crippen molar-refractivity contribution in [2.45, 2.75) is 25.7 Å². The van der Waals surface area contributed by atoms with E-state index >= 15 is 0 Å². The van der Waals surface area contributed by atoms with E-state index in [9.17, 15) is 4.79 Å². The molecule has 0 saturated carbocycles. The van der Waals surface area contributed by atoms with E-state index in [0.717, 1.165) is 25.2 Å². The minimum Gasteiger partial charge on any atom is -0.484 e. The fourth-order valence-corrected chi connectivity index (χ4v) is 3.17. The average molecular weight is 340 g/mol. The van der Waals surface area contributed by atoms with Crippen LogP contribution in [0, 0.1) is 0 Å². The fraction of sp³-hybridized carbons (Fsp3) is 0.350. The first-order valence-electron chi connectivity index (χ1n) is 8.53. The number of hydrogen-bond acceptors (Lipinski definition) is 4. The van der Waals surface area contributed by atoms with Crippen molar-refractivity contribution in [3.05, 3.63) is 65.7 Å². The van der Waals surface area contributed by atoms with E-state index in [-0.39, 0.29) is 18.8 Å². The van der Waals surface area contributed by atoms with E-state index in [0.29, 0.717) is 5.75 Å². The number of amides is 1. The van der Waals surface area contributed by atoms with Crippen molar-refractivity contribution >= 4 is 5.91 Å². The summed E-state index contributed by atoms with van der Waals surface area (Å²) >= 11 is 0. The van der Waals surface area contributed by atoms with Crippen LogP contribution in [0.25, 0.3) is 0 Å². The van der Waals surface area contributed by atoms with Crippen LogP contribution < -0.4 is 10.5 Å². The van der Waals surface area contributed by atoms with Gasteiger partial charge in [-0.05, 0) is 30.2 Å². The number of ether oxygens (including phenoxy) is 2. The average Bonchev–Trinajstić information content (AvgIpc) is 2.60. The molecule has 2 aromatic carbocycles. The van der Waals surface area contributed by atoms with Crippen molar-refractivity contribution in [1.82, 2.24) is 4.90 Å². The van der Waals surface area contributed by atoms with Gasteiger partial charge in [-0.15, -0.1) is 0 Å². The third-order valence-electron chi connectivity index (χ3n) is 4.19. The maximum Gasteiger partial charge on any atom is 0.255 e. The third kappa shape index (κ3) is 5.05. The number of nitrogens with zero attached hydrogens (tertiary/aromatic N) is 1. The zero-order valence-corrected chi connectivity index (χ0v) is 14.4. The Morgan fingerprint density at radius 2 is 2.00 bits per heavy atom. The molecule has 1 saturated heterocycles. The zero-order valence-electron chi connectivity index (χ0n) is 14.4. The van der Waals surface area contributed by atoms with Gasteiger partial charge < -0.3 is 15.2 Å². The predicted molar refractivity (Wildman–Crippen MR) is 96.1 cm³/mol. The Morgan fingerprint density at radius 3 is 2.76 bits per heavy atom. The number of rotatable bonds is 6. The normalized spacial score (nSPS) is 21.0. The van der Waals surface area contributed by atoms with Gasteiger partial charge in [0.2, 0.25) is 0 Å². The van der Waals surface area contributed by atoms with Crippen LogP contribution in [-0.4, -0.2) is 36.6 Å². The number of carbonyl (C=O) groups excluding carboxylic acids is 1. The standard InChI is InChI=1S/C20H24N2O3/c1-15-11-22(13-19(25-15)17-7-3-2-4-8-17)12-16-6-5-9-18(10-16)24-14-20(21)23/h2-10,15,19H,11-14H2,1H3,(H2,21,23)/t15-,19+/m1/s1. The first kappa shape index (κ1) is 17.5. The van der Waals surface area contributed by atoms with Crippen LogP contribution in [0.1, 0.15) is 24.2 Å². The van der Waals surface area contributed by atoms with Gasteiger partial charge in [-0.1, -0.05) is 42.5 Å². The first-order chi connectivity index (χ1) is 12.1. The van der Waals surface area contributed by atoms with Gasteiger partial charge in [0.05, 0.1) is 12.2 Å². The summed E-state index contributed by atoms with van der Waals surface area (Å²) in [6.45, 7) is 4.55. The minimum atomic E-state index is -0.474. The van der Waals surface area contributed by atoms with Crippen LogP contribution >= 0.6 is 0 Å². The van der Waals surface area contributed by atoms with Gasteiger partial charge in [0.25, 0.3) is 5.91 Å². The van der Waals surface area contributed by atoms with Crippen LogP contribution in [0.4, 0.5) is 0 Å². The number of benzene rings is 2. The maximum absolute atomic E-state index is 10.9. The molecule has 2 aromatic rings. The van der Waals surface area contributed by atoms with E-state index in [1.165, 1.54) is 5.56 Å². The molecule has 0 unspecified atom stereocenters. The van der Waals surface area contributed by atoms with Crippen LogP contribution in [0.5, 0.6) is 5.75 Å². The third-order valence-corrected chi connectivity index (χ3v) is 4.19. The van der Waals surface area contributed by atoms with Gasteiger partial charge in [-0.3, -0.25) is 9.69 Å². The van der Waals surface area contributed by atoms with E-state index in [2.05, 4.69) is 30.0 Å². The summed E-state index contributed by atoms with van der Waals surface area (Å²) in [4.78, 5) is 13.2. The van der Waals surface area contributed by atoms with Crippen LogP contribution in [0.3, 0.4) is 0 Å². The molecule has 5 heteroatoms. The van der Waals surface area contributed by atoms with Crippen molar-refractivity contribution in [3.63, 3.8) is 0 Å². The Bertz CT molecular complexity index is 705. The second-order valence-corrected chi connectivity index (χ2v) is 6.44. The molecule has 0 aliphatic carbocycles. The van der Waals surface area contributed by atoms with Crippen LogP contribution in [-0.2, 0) is 16.1 Å². The van der Waals surface area contributed by atoms with E-state index in [1.807, 2.05) is 36.4 Å². The molecular weight excluding hydrogens is 316 g/mol. The lowest BCUT2D eigenvalue weighted by Gasteiger charge is -2.37. The monoisotopic (exact) mass is 340 g/mol. The Kier molecular flexibility index (Phi) is 5.68.